The molecule has 0 bridgehead atoms. The van der Waals surface area contributed by atoms with E-state index in [9.17, 15) is 18.3 Å². The van der Waals surface area contributed by atoms with Crippen molar-refractivity contribution in [1.82, 2.24) is 0 Å². The van der Waals surface area contributed by atoms with Gasteiger partial charge in [0, 0.05) is 12.5 Å². The maximum absolute atomic E-state index is 12.9. The molecule has 0 aliphatic heterocycles. The Morgan fingerprint density at radius 2 is 1.82 bits per heavy atom. The molecule has 0 heterocycles. The Hall–Kier alpha value is -2.37. The lowest BCUT2D eigenvalue weighted by Crippen LogP contribution is -2.10. The summed E-state index contributed by atoms with van der Waals surface area (Å²) < 4.78 is 49.1. The second-order valence-electron chi connectivity index (χ2n) is 4.59. The van der Waals surface area contributed by atoms with Gasteiger partial charge in [-0.3, -0.25) is 0 Å². The number of hydrogen-bond acceptors (Lipinski definition) is 3. The molecule has 0 spiro atoms. The van der Waals surface area contributed by atoms with Crippen molar-refractivity contribution in [3.63, 3.8) is 0 Å². The van der Waals surface area contributed by atoms with Crippen molar-refractivity contribution in [3.05, 3.63) is 53.6 Å². The molecule has 0 fully saturated rings. The summed E-state index contributed by atoms with van der Waals surface area (Å²) in [5.74, 6) is 0.328. The monoisotopic (exact) mass is 312 g/mol. The van der Waals surface area contributed by atoms with E-state index < -0.39 is 11.7 Å². The molecule has 0 atom stereocenters. The molecule has 2 rings (SSSR count). The van der Waals surface area contributed by atoms with Gasteiger partial charge in [-0.25, -0.2) is 0 Å². The van der Waals surface area contributed by atoms with E-state index in [2.05, 4.69) is 0 Å². The first-order valence-electron chi connectivity index (χ1n) is 6.56. The molecule has 0 unspecified atom stereocenters. The van der Waals surface area contributed by atoms with Crippen molar-refractivity contribution in [2.45, 2.75) is 12.6 Å². The summed E-state index contributed by atoms with van der Waals surface area (Å²) in [6.07, 6.45) is -4.21. The summed E-state index contributed by atoms with van der Waals surface area (Å²) in [5, 5.41) is 9.31. The summed E-state index contributed by atoms with van der Waals surface area (Å²) >= 11 is 0. The molecule has 6 heteroatoms. The Kier molecular flexibility index (Phi) is 4.80. The Morgan fingerprint density at radius 1 is 1.09 bits per heavy atom. The fourth-order valence-corrected chi connectivity index (χ4v) is 2.10. The molecule has 2 aromatic rings. The summed E-state index contributed by atoms with van der Waals surface area (Å²) in [4.78, 5) is 0. The molecule has 0 saturated heterocycles. The number of methoxy groups -OCH3 is 1. The highest BCUT2D eigenvalue weighted by atomic mass is 19.4. The third-order valence-corrected chi connectivity index (χ3v) is 3.06. The average Bonchev–Trinajstić information content (AvgIpc) is 2.46. The number of hydrogen-bond donors (Lipinski definition) is 1. The van der Waals surface area contributed by atoms with Gasteiger partial charge in [0.15, 0.2) is 0 Å². The third-order valence-electron chi connectivity index (χ3n) is 3.06. The van der Waals surface area contributed by atoms with Crippen molar-refractivity contribution in [1.29, 1.82) is 0 Å². The number of para-hydroxylation sites is 1. The number of benzene rings is 2. The molecule has 0 radical (unpaired) electrons. The molecule has 0 aliphatic carbocycles. The van der Waals surface area contributed by atoms with Gasteiger partial charge in [-0.15, -0.1) is 0 Å². The van der Waals surface area contributed by atoms with Crippen LogP contribution in [0.3, 0.4) is 0 Å². The number of ether oxygens (including phenoxy) is 2. The predicted octanol–water partition coefficient (Wildman–Crippen LogP) is 4.04. The van der Waals surface area contributed by atoms with Crippen molar-refractivity contribution >= 4 is 0 Å². The zero-order valence-corrected chi connectivity index (χ0v) is 11.9. The van der Waals surface area contributed by atoms with Gasteiger partial charge in [0.05, 0.1) is 19.3 Å². The first-order valence-corrected chi connectivity index (χ1v) is 6.56. The Morgan fingerprint density at radius 3 is 2.45 bits per heavy atom. The molecule has 22 heavy (non-hydrogen) atoms. The fraction of sp³-hybridized carbons (Fsp3) is 0.250. The molecule has 0 amide bonds. The molecule has 0 saturated carbocycles. The number of alkyl halides is 3. The van der Waals surface area contributed by atoms with Crippen molar-refractivity contribution in [3.8, 4) is 17.2 Å². The number of halogens is 3. The maximum Gasteiger partial charge on any atom is 0.419 e. The molecular weight excluding hydrogens is 297 g/mol. The van der Waals surface area contributed by atoms with Crippen LogP contribution in [-0.4, -0.2) is 18.8 Å². The second-order valence-corrected chi connectivity index (χ2v) is 4.59. The van der Waals surface area contributed by atoms with Gasteiger partial charge in [-0.2, -0.15) is 13.2 Å². The van der Waals surface area contributed by atoms with Crippen LogP contribution in [0.4, 0.5) is 13.2 Å². The standard InChI is InChI=1S/C16H15F3O3/c1-21-15-11(4-2-7-14(15)16(17,18)19)8-9-22-13-6-3-5-12(20)10-13/h2-7,10,20H,8-9H2,1H3. The number of phenols is 1. The summed E-state index contributed by atoms with van der Waals surface area (Å²) in [5.41, 5.74) is -0.387. The molecule has 0 aliphatic rings. The predicted molar refractivity (Wildman–Crippen MR) is 75.3 cm³/mol. The van der Waals surface area contributed by atoms with Crippen LogP contribution in [0.1, 0.15) is 11.1 Å². The van der Waals surface area contributed by atoms with E-state index in [4.69, 9.17) is 9.47 Å². The van der Waals surface area contributed by atoms with E-state index in [0.29, 0.717) is 11.3 Å². The molecule has 118 valence electrons. The third kappa shape index (κ3) is 3.84. The van der Waals surface area contributed by atoms with Crippen LogP contribution in [0.25, 0.3) is 0 Å². The van der Waals surface area contributed by atoms with Crippen LogP contribution >= 0.6 is 0 Å². The minimum absolute atomic E-state index is 0.0640. The summed E-state index contributed by atoms with van der Waals surface area (Å²) in [7, 11) is 1.21. The van der Waals surface area contributed by atoms with Crippen LogP contribution < -0.4 is 9.47 Å². The molecule has 3 nitrogen and oxygen atoms in total. The van der Waals surface area contributed by atoms with Crippen molar-refractivity contribution < 1.29 is 27.8 Å². The van der Waals surface area contributed by atoms with Gasteiger partial charge in [0.2, 0.25) is 0 Å². The van der Waals surface area contributed by atoms with E-state index in [-0.39, 0.29) is 24.5 Å². The van der Waals surface area contributed by atoms with E-state index >= 15 is 0 Å². The quantitative estimate of drug-likeness (QED) is 0.905. The highest BCUT2D eigenvalue weighted by Crippen LogP contribution is 2.38. The lowest BCUT2D eigenvalue weighted by molar-refractivity contribution is -0.138. The zero-order valence-electron chi connectivity index (χ0n) is 11.9. The maximum atomic E-state index is 12.9. The minimum Gasteiger partial charge on any atom is -0.508 e. The first kappa shape index (κ1) is 16.0. The number of phenolic OH excluding ortho intramolecular Hbond substituents is 1. The normalized spacial score (nSPS) is 11.3. The summed E-state index contributed by atoms with van der Waals surface area (Å²) in [6.45, 7) is 0.168. The minimum atomic E-state index is -4.46. The van der Waals surface area contributed by atoms with Gasteiger partial charge in [0.25, 0.3) is 0 Å². The van der Waals surface area contributed by atoms with Gasteiger partial charge in [-0.05, 0) is 23.8 Å². The highest BCUT2D eigenvalue weighted by Gasteiger charge is 2.35. The molecule has 1 N–H and O–H groups in total. The molecule has 2 aromatic carbocycles. The smallest absolute Gasteiger partial charge is 0.419 e. The number of rotatable bonds is 5. The van der Waals surface area contributed by atoms with Crippen LogP contribution in [0.5, 0.6) is 17.2 Å². The van der Waals surface area contributed by atoms with E-state index in [1.807, 2.05) is 0 Å². The van der Waals surface area contributed by atoms with E-state index in [1.165, 1.54) is 25.3 Å². The Balaban J connectivity index is 2.10. The molecule has 0 aromatic heterocycles. The van der Waals surface area contributed by atoms with Gasteiger partial charge in [0.1, 0.15) is 17.2 Å². The zero-order chi connectivity index (χ0) is 16.2. The average molecular weight is 312 g/mol. The Bertz CT molecular complexity index is 639. The fourth-order valence-electron chi connectivity index (χ4n) is 2.10. The van der Waals surface area contributed by atoms with E-state index in [0.717, 1.165) is 6.07 Å². The van der Waals surface area contributed by atoms with Gasteiger partial charge in [-0.1, -0.05) is 18.2 Å². The SMILES string of the molecule is COc1c(CCOc2cccc(O)c2)cccc1C(F)(F)F. The van der Waals surface area contributed by atoms with Crippen molar-refractivity contribution in [2.75, 3.05) is 13.7 Å². The van der Waals surface area contributed by atoms with Gasteiger partial charge >= 0.3 is 6.18 Å². The van der Waals surface area contributed by atoms with Crippen LogP contribution in [0, 0.1) is 0 Å². The Labute approximate surface area is 125 Å². The summed E-state index contributed by atoms with van der Waals surface area (Å²) in [6, 6.07) is 10.1. The van der Waals surface area contributed by atoms with Crippen molar-refractivity contribution in [2.24, 2.45) is 0 Å². The van der Waals surface area contributed by atoms with Crippen LogP contribution in [0.2, 0.25) is 0 Å². The lowest BCUT2D eigenvalue weighted by Gasteiger charge is -2.15. The van der Waals surface area contributed by atoms with Crippen LogP contribution in [-0.2, 0) is 12.6 Å². The largest absolute Gasteiger partial charge is 0.508 e. The first-order chi connectivity index (χ1) is 10.4. The lowest BCUT2D eigenvalue weighted by atomic mass is 10.1. The number of aromatic hydroxyl groups is 1. The highest BCUT2D eigenvalue weighted by molar-refractivity contribution is 5.43. The van der Waals surface area contributed by atoms with E-state index in [1.54, 1.807) is 18.2 Å². The topological polar surface area (TPSA) is 38.7 Å². The second kappa shape index (κ2) is 6.60. The van der Waals surface area contributed by atoms with Crippen LogP contribution in [0.15, 0.2) is 42.5 Å². The molecular formula is C16H15F3O3. The van der Waals surface area contributed by atoms with Gasteiger partial charge < -0.3 is 14.6 Å².